The fourth-order valence-corrected chi connectivity index (χ4v) is 2.31. The van der Waals surface area contributed by atoms with Gasteiger partial charge >= 0.3 is 0 Å². The van der Waals surface area contributed by atoms with E-state index in [4.69, 9.17) is 0 Å². The molecule has 1 fully saturated rings. The molecule has 0 N–H and O–H groups in total. The molecule has 1 heterocycles. The second-order valence-electron chi connectivity index (χ2n) is 3.86. The minimum absolute atomic E-state index is 1.29. The Hall–Kier alpha value is -1.08. The van der Waals surface area contributed by atoms with Crippen LogP contribution < -0.4 is 0 Å². The van der Waals surface area contributed by atoms with Crippen LogP contribution in [0.15, 0.2) is 42.0 Å². The van der Waals surface area contributed by atoms with Crippen LogP contribution in [0.2, 0.25) is 0 Å². The molecule has 0 spiro atoms. The molecule has 0 aliphatic heterocycles. The lowest BCUT2D eigenvalue weighted by molar-refractivity contribution is 1.50. The fraction of sp³-hybridized carbons (Fsp3) is 0.286. The summed E-state index contributed by atoms with van der Waals surface area (Å²) in [4.78, 5) is 2.74. The number of aryl methyl sites for hydroxylation is 1. The molecule has 1 aromatic heterocycles. The number of hydrogen-bond donors (Lipinski definition) is 0. The zero-order valence-corrected chi connectivity index (χ0v) is 10.1. The smallest absolute Gasteiger partial charge is 0.0345 e. The van der Waals surface area contributed by atoms with Crippen molar-refractivity contribution in [1.29, 1.82) is 0 Å². The minimum Gasteiger partial charge on any atom is -0.141 e. The maximum Gasteiger partial charge on any atom is 0.0345 e. The average molecular weight is 216 g/mol. The molecule has 0 amide bonds. The van der Waals surface area contributed by atoms with Gasteiger partial charge < -0.3 is 0 Å². The van der Waals surface area contributed by atoms with Crippen molar-refractivity contribution >= 4 is 16.9 Å². The first kappa shape index (κ1) is 10.4. The highest BCUT2D eigenvalue weighted by atomic mass is 32.1. The number of rotatable bonds is 3. The maximum atomic E-state index is 2.27. The average Bonchev–Trinajstić information content (AvgIpc) is 2.95. The Bertz CT molecular complexity index is 424. The zero-order valence-electron chi connectivity index (χ0n) is 9.29. The Morgan fingerprint density at radius 3 is 2.67 bits per heavy atom. The first-order valence-electron chi connectivity index (χ1n) is 5.39. The van der Waals surface area contributed by atoms with Crippen molar-refractivity contribution in [3.05, 3.63) is 51.8 Å². The number of allylic oxidation sites excluding steroid dienone is 6. The van der Waals surface area contributed by atoms with Crippen molar-refractivity contribution in [2.75, 3.05) is 0 Å². The molecule has 0 unspecified atom stereocenters. The summed E-state index contributed by atoms with van der Waals surface area (Å²) in [5, 5.41) is 0. The summed E-state index contributed by atoms with van der Waals surface area (Å²) in [6.07, 6.45) is 11.4. The van der Waals surface area contributed by atoms with E-state index in [1.807, 2.05) is 11.3 Å². The molecule has 1 aliphatic carbocycles. The molecule has 0 saturated heterocycles. The molecule has 0 atom stereocenters. The van der Waals surface area contributed by atoms with Crippen LogP contribution in [-0.4, -0.2) is 0 Å². The van der Waals surface area contributed by atoms with E-state index < -0.39 is 0 Å². The maximum absolute atomic E-state index is 2.27. The lowest BCUT2D eigenvalue weighted by Crippen LogP contribution is -1.72. The third kappa shape index (κ3) is 2.93. The summed E-state index contributed by atoms with van der Waals surface area (Å²) in [7, 11) is 0. The molecule has 0 radical (unpaired) electrons. The van der Waals surface area contributed by atoms with Gasteiger partial charge in [-0.1, -0.05) is 29.9 Å². The Morgan fingerprint density at radius 1 is 1.33 bits per heavy atom. The van der Waals surface area contributed by atoms with Gasteiger partial charge in [0.25, 0.3) is 0 Å². The SMILES string of the molecule is C/C=C\C(=C/C=C1CC1)c1ccc(C)s1. The first-order valence-corrected chi connectivity index (χ1v) is 6.20. The Kier molecular flexibility index (Phi) is 3.22. The van der Waals surface area contributed by atoms with Crippen molar-refractivity contribution in [3.63, 3.8) is 0 Å². The summed E-state index contributed by atoms with van der Waals surface area (Å²) in [5.74, 6) is 0. The second kappa shape index (κ2) is 4.63. The Labute approximate surface area is 95.6 Å². The van der Waals surface area contributed by atoms with Crippen molar-refractivity contribution < 1.29 is 0 Å². The van der Waals surface area contributed by atoms with Crippen molar-refractivity contribution in [3.8, 4) is 0 Å². The van der Waals surface area contributed by atoms with E-state index in [0.717, 1.165) is 0 Å². The van der Waals surface area contributed by atoms with Crippen LogP contribution in [0.4, 0.5) is 0 Å². The lowest BCUT2D eigenvalue weighted by atomic mass is 10.2. The van der Waals surface area contributed by atoms with Crippen LogP contribution >= 0.6 is 11.3 Å². The molecule has 2 rings (SSSR count). The van der Waals surface area contributed by atoms with Gasteiger partial charge in [0.15, 0.2) is 0 Å². The molecule has 15 heavy (non-hydrogen) atoms. The van der Waals surface area contributed by atoms with Crippen molar-refractivity contribution in [2.24, 2.45) is 0 Å². The van der Waals surface area contributed by atoms with E-state index in [9.17, 15) is 0 Å². The predicted molar refractivity (Wildman–Crippen MR) is 69.2 cm³/mol. The van der Waals surface area contributed by atoms with Crippen LogP contribution in [0.5, 0.6) is 0 Å². The Morgan fingerprint density at radius 2 is 2.13 bits per heavy atom. The monoisotopic (exact) mass is 216 g/mol. The minimum atomic E-state index is 1.29. The topological polar surface area (TPSA) is 0 Å². The van der Waals surface area contributed by atoms with Gasteiger partial charge in [-0.15, -0.1) is 11.3 Å². The van der Waals surface area contributed by atoms with E-state index in [0.29, 0.717) is 0 Å². The summed E-state index contributed by atoms with van der Waals surface area (Å²) >= 11 is 1.86. The molecule has 0 bridgehead atoms. The predicted octanol–water partition coefficient (Wildman–Crippen LogP) is 4.74. The van der Waals surface area contributed by atoms with Crippen LogP contribution in [0, 0.1) is 6.92 Å². The zero-order chi connectivity index (χ0) is 10.7. The number of hydrogen-bond acceptors (Lipinski definition) is 1. The molecule has 0 aromatic carbocycles. The summed E-state index contributed by atoms with van der Waals surface area (Å²) in [6.45, 7) is 4.22. The van der Waals surface area contributed by atoms with E-state index in [2.05, 4.69) is 50.3 Å². The Balaban J connectivity index is 2.26. The summed E-state index contributed by atoms with van der Waals surface area (Å²) in [5.41, 5.74) is 2.90. The van der Waals surface area contributed by atoms with Crippen molar-refractivity contribution in [1.82, 2.24) is 0 Å². The van der Waals surface area contributed by atoms with E-state index >= 15 is 0 Å². The van der Waals surface area contributed by atoms with Gasteiger partial charge in [0.1, 0.15) is 0 Å². The van der Waals surface area contributed by atoms with Gasteiger partial charge in [-0.25, -0.2) is 0 Å². The van der Waals surface area contributed by atoms with Gasteiger partial charge in [-0.05, 0) is 44.4 Å². The van der Waals surface area contributed by atoms with Gasteiger partial charge in [0.05, 0.1) is 0 Å². The molecule has 78 valence electrons. The molecule has 1 aromatic rings. The van der Waals surface area contributed by atoms with E-state index in [1.54, 1.807) is 5.57 Å². The standard InChI is InChI=1S/C14H16S/c1-3-4-13(9-8-12-6-7-12)14-10-5-11(2)15-14/h3-5,8-10H,6-7H2,1-2H3/b4-3-,13-9+. The van der Waals surface area contributed by atoms with E-state index in [-0.39, 0.29) is 0 Å². The third-order valence-corrected chi connectivity index (χ3v) is 3.46. The van der Waals surface area contributed by atoms with Gasteiger partial charge in [-0.2, -0.15) is 0 Å². The molecule has 1 heteroatoms. The first-order chi connectivity index (χ1) is 7.29. The molecule has 1 aliphatic rings. The normalized spacial score (nSPS) is 16.1. The molecular weight excluding hydrogens is 200 g/mol. The second-order valence-corrected chi connectivity index (χ2v) is 5.15. The molecular formula is C14H16S. The van der Waals surface area contributed by atoms with Crippen molar-refractivity contribution in [2.45, 2.75) is 26.7 Å². The highest BCUT2D eigenvalue weighted by Crippen LogP contribution is 2.30. The summed E-state index contributed by atoms with van der Waals surface area (Å²) in [6, 6.07) is 4.39. The highest BCUT2D eigenvalue weighted by molar-refractivity contribution is 7.13. The number of thiophene rings is 1. The van der Waals surface area contributed by atoms with Gasteiger partial charge in [0, 0.05) is 9.75 Å². The fourth-order valence-electron chi connectivity index (χ4n) is 1.44. The van der Waals surface area contributed by atoms with Crippen LogP contribution in [-0.2, 0) is 0 Å². The molecule has 1 saturated carbocycles. The quantitative estimate of drug-likeness (QED) is 0.640. The van der Waals surface area contributed by atoms with Crippen LogP contribution in [0.1, 0.15) is 29.5 Å². The summed E-state index contributed by atoms with van der Waals surface area (Å²) < 4.78 is 0. The highest BCUT2D eigenvalue weighted by Gasteiger charge is 2.09. The van der Waals surface area contributed by atoms with E-state index in [1.165, 1.54) is 28.2 Å². The van der Waals surface area contributed by atoms with Crippen LogP contribution in [0.25, 0.3) is 5.57 Å². The van der Waals surface area contributed by atoms with Gasteiger partial charge in [-0.3, -0.25) is 0 Å². The largest absolute Gasteiger partial charge is 0.141 e. The lowest BCUT2D eigenvalue weighted by Gasteiger charge is -1.95. The molecule has 0 nitrogen and oxygen atoms in total. The third-order valence-electron chi connectivity index (χ3n) is 2.41. The van der Waals surface area contributed by atoms with Gasteiger partial charge in [0.2, 0.25) is 0 Å². The van der Waals surface area contributed by atoms with Crippen LogP contribution in [0.3, 0.4) is 0 Å².